The minimum Gasteiger partial charge on any atom is -0.441 e. The second-order valence-corrected chi connectivity index (χ2v) is 6.47. The molecule has 1 aromatic carbocycles. The van der Waals surface area contributed by atoms with Crippen molar-refractivity contribution in [1.29, 1.82) is 0 Å². The lowest BCUT2D eigenvalue weighted by molar-refractivity contribution is 0.0590. The molecule has 0 bridgehead atoms. The molecular formula is C19H26N2O2. The van der Waals surface area contributed by atoms with Crippen LogP contribution in [0, 0.1) is 13.8 Å². The molecule has 2 heterocycles. The first-order valence-electron chi connectivity index (χ1n) is 8.43. The van der Waals surface area contributed by atoms with E-state index in [0.29, 0.717) is 6.04 Å². The fourth-order valence-corrected chi connectivity index (χ4v) is 3.32. The summed E-state index contributed by atoms with van der Waals surface area (Å²) in [6, 6.07) is 8.79. The van der Waals surface area contributed by atoms with Crippen molar-refractivity contribution in [3.63, 3.8) is 0 Å². The number of hydrogen-bond acceptors (Lipinski definition) is 4. The van der Waals surface area contributed by atoms with Gasteiger partial charge in [0.25, 0.3) is 0 Å². The summed E-state index contributed by atoms with van der Waals surface area (Å²) in [5.41, 5.74) is 3.31. The molecule has 0 spiro atoms. The van der Waals surface area contributed by atoms with Crippen LogP contribution in [0.15, 0.2) is 28.7 Å². The fraction of sp³-hybridized carbons (Fsp3) is 0.526. The van der Waals surface area contributed by atoms with Crippen LogP contribution >= 0.6 is 0 Å². The van der Waals surface area contributed by atoms with Gasteiger partial charge in [0.05, 0.1) is 12.3 Å². The molecule has 124 valence electrons. The third kappa shape index (κ3) is 3.82. The zero-order valence-corrected chi connectivity index (χ0v) is 14.3. The highest BCUT2D eigenvalue weighted by Gasteiger charge is 2.24. The van der Waals surface area contributed by atoms with Gasteiger partial charge in [-0.1, -0.05) is 24.1 Å². The van der Waals surface area contributed by atoms with Crippen molar-refractivity contribution in [2.45, 2.75) is 45.7 Å². The highest BCUT2D eigenvalue weighted by molar-refractivity contribution is 5.54. The van der Waals surface area contributed by atoms with Gasteiger partial charge in [0.2, 0.25) is 5.89 Å². The highest BCUT2D eigenvalue weighted by Crippen LogP contribution is 2.25. The number of aromatic nitrogens is 1. The molecule has 2 aromatic rings. The predicted octanol–water partition coefficient (Wildman–Crippen LogP) is 3.96. The third-order valence-corrected chi connectivity index (χ3v) is 4.62. The van der Waals surface area contributed by atoms with Crippen molar-refractivity contribution < 1.29 is 9.15 Å². The van der Waals surface area contributed by atoms with Crippen molar-refractivity contribution in [3.05, 3.63) is 41.3 Å². The zero-order chi connectivity index (χ0) is 16.2. The van der Waals surface area contributed by atoms with E-state index in [-0.39, 0.29) is 0 Å². The molecule has 1 saturated heterocycles. The Labute approximate surface area is 138 Å². The quantitative estimate of drug-likeness (QED) is 0.837. The van der Waals surface area contributed by atoms with Crippen molar-refractivity contribution in [2.24, 2.45) is 0 Å². The van der Waals surface area contributed by atoms with Gasteiger partial charge in [-0.15, -0.1) is 0 Å². The molecular weight excluding hydrogens is 288 g/mol. The van der Waals surface area contributed by atoms with Crippen LogP contribution in [-0.4, -0.2) is 36.2 Å². The number of benzene rings is 1. The standard InChI is InChI=1S/C19H26N2O2/c1-14-7-6-8-16(11-14)19-20-18(15(2)23-19)12-21-10-5-4-9-17(21)13-22-3/h6-8,11,17H,4-5,9-10,12-13H2,1-3H3. The molecule has 23 heavy (non-hydrogen) atoms. The number of likely N-dealkylation sites (tertiary alicyclic amines) is 1. The van der Waals surface area contributed by atoms with Crippen LogP contribution in [0.4, 0.5) is 0 Å². The Morgan fingerprint density at radius 1 is 1.30 bits per heavy atom. The molecule has 0 aliphatic carbocycles. The van der Waals surface area contributed by atoms with Crippen LogP contribution < -0.4 is 0 Å². The number of methoxy groups -OCH3 is 1. The topological polar surface area (TPSA) is 38.5 Å². The van der Waals surface area contributed by atoms with E-state index < -0.39 is 0 Å². The molecule has 1 atom stereocenters. The van der Waals surface area contributed by atoms with Crippen molar-refractivity contribution in [1.82, 2.24) is 9.88 Å². The van der Waals surface area contributed by atoms with Crippen LogP contribution in [0.2, 0.25) is 0 Å². The van der Waals surface area contributed by atoms with Gasteiger partial charge in [0.1, 0.15) is 5.76 Å². The van der Waals surface area contributed by atoms with E-state index in [4.69, 9.17) is 14.1 Å². The summed E-state index contributed by atoms with van der Waals surface area (Å²) < 4.78 is 11.3. The summed E-state index contributed by atoms with van der Waals surface area (Å²) in [6.45, 7) is 6.84. The van der Waals surface area contributed by atoms with E-state index in [0.717, 1.165) is 42.6 Å². The number of rotatable bonds is 5. The van der Waals surface area contributed by atoms with Gasteiger partial charge >= 0.3 is 0 Å². The molecule has 1 aliphatic rings. The molecule has 1 fully saturated rings. The summed E-state index contributed by atoms with van der Waals surface area (Å²) in [5.74, 6) is 1.64. The largest absolute Gasteiger partial charge is 0.441 e. The van der Waals surface area contributed by atoms with E-state index in [1.54, 1.807) is 7.11 Å². The number of oxazole rings is 1. The Morgan fingerprint density at radius 2 is 2.17 bits per heavy atom. The van der Waals surface area contributed by atoms with E-state index in [2.05, 4.69) is 30.0 Å². The lowest BCUT2D eigenvalue weighted by Gasteiger charge is -2.34. The Balaban J connectivity index is 1.78. The molecule has 1 aliphatic heterocycles. The summed E-state index contributed by atoms with van der Waals surface area (Å²) in [6.07, 6.45) is 3.74. The first-order valence-corrected chi connectivity index (χ1v) is 8.43. The van der Waals surface area contributed by atoms with Crippen molar-refractivity contribution >= 4 is 0 Å². The molecule has 3 rings (SSSR count). The molecule has 0 saturated carbocycles. The average Bonchev–Trinajstić information content (AvgIpc) is 2.91. The summed E-state index contributed by atoms with van der Waals surface area (Å²) in [5, 5.41) is 0. The van der Waals surface area contributed by atoms with Crippen molar-refractivity contribution in [3.8, 4) is 11.5 Å². The fourth-order valence-electron chi connectivity index (χ4n) is 3.32. The van der Waals surface area contributed by atoms with E-state index in [9.17, 15) is 0 Å². The maximum atomic E-state index is 5.92. The molecule has 0 N–H and O–H groups in total. The predicted molar refractivity (Wildman–Crippen MR) is 91.3 cm³/mol. The number of hydrogen-bond donors (Lipinski definition) is 0. The third-order valence-electron chi connectivity index (χ3n) is 4.62. The second-order valence-electron chi connectivity index (χ2n) is 6.47. The molecule has 0 radical (unpaired) electrons. The van der Waals surface area contributed by atoms with Crippen LogP contribution in [0.3, 0.4) is 0 Å². The van der Waals surface area contributed by atoms with E-state index >= 15 is 0 Å². The normalized spacial score (nSPS) is 19.2. The maximum Gasteiger partial charge on any atom is 0.226 e. The Morgan fingerprint density at radius 3 is 2.96 bits per heavy atom. The first-order chi connectivity index (χ1) is 11.2. The Hall–Kier alpha value is -1.65. The summed E-state index contributed by atoms with van der Waals surface area (Å²) >= 11 is 0. The van der Waals surface area contributed by atoms with Gasteiger partial charge in [0, 0.05) is 25.3 Å². The maximum absolute atomic E-state index is 5.92. The molecule has 1 unspecified atom stereocenters. The minimum absolute atomic E-state index is 0.493. The molecule has 4 nitrogen and oxygen atoms in total. The van der Waals surface area contributed by atoms with Gasteiger partial charge < -0.3 is 9.15 Å². The van der Waals surface area contributed by atoms with Gasteiger partial charge in [-0.05, 0) is 45.4 Å². The number of aryl methyl sites for hydroxylation is 2. The number of ether oxygens (including phenoxy) is 1. The van der Waals surface area contributed by atoms with Gasteiger partial charge in [0.15, 0.2) is 0 Å². The first kappa shape index (κ1) is 16.2. The van der Waals surface area contributed by atoms with Crippen LogP contribution in [0.5, 0.6) is 0 Å². The summed E-state index contributed by atoms with van der Waals surface area (Å²) in [4.78, 5) is 7.24. The zero-order valence-electron chi connectivity index (χ0n) is 14.3. The van der Waals surface area contributed by atoms with Crippen LogP contribution in [0.25, 0.3) is 11.5 Å². The van der Waals surface area contributed by atoms with Gasteiger partial charge in [-0.2, -0.15) is 0 Å². The monoisotopic (exact) mass is 314 g/mol. The molecule has 1 aromatic heterocycles. The molecule has 4 heteroatoms. The lowest BCUT2D eigenvalue weighted by atomic mass is 10.0. The van der Waals surface area contributed by atoms with E-state index in [1.807, 2.05) is 13.0 Å². The van der Waals surface area contributed by atoms with E-state index in [1.165, 1.54) is 24.8 Å². The number of nitrogens with zero attached hydrogens (tertiary/aromatic N) is 2. The lowest BCUT2D eigenvalue weighted by Crippen LogP contribution is -2.41. The smallest absolute Gasteiger partial charge is 0.226 e. The minimum atomic E-state index is 0.493. The summed E-state index contributed by atoms with van der Waals surface area (Å²) in [7, 11) is 1.78. The van der Waals surface area contributed by atoms with Crippen LogP contribution in [-0.2, 0) is 11.3 Å². The van der Waals surface area contributed by atoms with Gasteiger partial charge in [-0.3, -0.25) is 4.90 Å². The Bertz CT molecular complexity index is 649. The Kier molecular flexibility index (Phi) is 5.13. The van der Waals surface area contributed by atoms with Gasteiger partial charge in [-0.25, -0.2) is 4.98 Å². The van der Waals surface area contributed by atoms with Crippen LogP contribution in [0.1, 0.15) is 36.3 Å². The second kappa shape index (κ2) is 7.28. The average molecular weight is 314 g/mol. The molecule has 0 amide bonds. The SMILES string of the molecule is COCC1CCCCN1Cc1nc(-c2cccc(C)c2)oc1C. The number of piperidine rings is 1. The van der Waals surface area contributed by atoms with Crippen molar-refractivity contribution in [2.75, 3.05) is 20.3 Å². The highest BCUT2D eigenvalue weighted by atomic mass is 16.5.